The van der Waals surface area contributed by atoms with E-state index in [-0.39, 0.29) is 11.2 Å². The third-order valence-corrected chi connectivity index (χ3v) is 6.83. The third kappa shape index (κ3) is 3.70. The summed E-state index contributed by atoms with van der Waals surface area (Å²) in [4.78, 5) is 17.2. The van der Waals surface area contributed by atoms with E-state index in [4.69, 9.17) is 4.98 Å². The van der Waals surface area contributed by atoms with Gasteiger partial charge in [0.2, 0.25) is 0 Å². The summed E-state index contributed by atoms with van der Waals surface area (Å²) >= 11 is 1.02. The van der Waals surface area contributed by atoms with Gasteiger partial charge in [0.25, 0.3) is 0 Å². The summed E-state index contributed by atoms with van der Waals surface area (Å²) in [6.07, 6.45) is 6.66. The van der Waals surface area contributed by atoms with E-state index < -0.39 is 5.82 Å². The van der Waals surface area contributed by atoms with Crippen LogP contribution in [0.1, 0.15) is 19.4 Å². The minimum atomic E-state index is -0.406. The van der Waals surface area contributed by atoms with Crippen LogP contribution in [0.15, 0.2) is 49.1 Å². The Labute approximate surface area is 208 Å². The molecule has 180 valence electrons. The van der Waals surface area contributed by atoms with Crippen LogP contribution in [0.5, 0.6) is 0 Å². The summed E-state index contributed by atoms with van der Waals surface area (Å²) in [6.45, 7) is 5.93. The van der Waals surface area contributed by atoms with Crippen molar-refractivity contribution >= 4 is 39.0 Å². The molecular formula is C26H21F2N7S. The molecule has 0 bridgehead atoms. The van der Waals surface area contributed by atoms with Gasteiger partial charge in [0, 0.05) is 46.2 Å². The van der Waals surface area contributed by atoms with Crippen molar-refractivity contribution < 1.29 is 8.78 Å². The summed E-state index contributed by atoms with van der Waals surface area (Å²) in [5.74, 6) is -0.0130. The number of aromatic nitrogens is 6. The van der Waals surface area contributed by atoms with Crippen molar-refractivity contribution in [2.24, 2.45) is 0 Å². The summed E-state index contributed by atoms with van der Waals surface area (Å²) in [7, 11) is 0. The van der Waals surface area contributed by atoms with Crippen LogP contribution in [0.4, 0.5) is 14.5 Å². The van der Waals surface area contributed by atoms with Gasteiger partial charge in [0.15, 0.2) is 11.0 Å². The number of pyridine rings is 2. The third-order valence-electron chi connectivity index (χ3n) is 5.93. The Balaban J connectivity index is 1.52. The number of benzene rings is 1. The van der Waals surface area contributed by atoms with Crippen LogP contribution in [0, 0.1) is 17.9 Å². The van der Waals surface area contributed by atoms with E-state index in [2.05, 4.69) is 30.5 Å². The van der Waals surface area contributed by atoms with Crippen LogP contribution < -0.4 is 5.32 Å². The molecule has 0 spiro atoms. The fourth-order valence-corrected chi connectivity index (χ4v) is 5.21. The van der Waals surface area contributed by atoms with E-state index in [1.807, 2.05) is 32.9 Å². The predicted octanol–water partition coefficient (Wildman–Crippen LogP) is 6.70. The zero-order valence-electron chi connectivity index (χ0n) is 19.6. The molecule has 36 heavy (non-hydrogen) atoms. The van der Waals surface area contributed by atoms with E-state index in [1.165, 1.54) is 6.07 Å². The number of fused-ring (bicyclic) bond motifs is 2. The molecule has 0 atom stereocenters. The van der Waals surface area contributed by atoms with Gasteiger partial charge in [-0.25, -0.2) is 9.37 Å². The number of aryl methyl sites for hydroxylation is 1. The first kappa shape index (κ1) is 22.3. The second-order valence-corrected chi connectivity index (χ2v) is 9.94. The van der Waals surface area contributed by atoms with Crippen LogP contribution in [0.3, 0.4) is 0 Å². The van der Waals surface area contributed by atoms with Crippen LogP contribution >= 0.6 is 11.3 Å². The lowest BCUT2D eigenvalue weighted by molar-refractivity contribution is 0.642. The first-order chi connectivity index (χ1) is 17.4. The lowest BCUT2D eigenvalue weighted by atomic mass is 9.97. The van der Waals surface area contributed by atoms with Gasteiger partial charge in [-0.15, -0.1) is 11.3 Å². The van der Waals surface area contributed by atoms with Gasteiger partial charge in [0.05, 0.1) is 28.3 Å². The molecule has 3 N–H and O–H groups in total. The highest BCUT2D eigenvalue weighted by atomic mass is 32.1. The minimum Gasteiger partial charge on any atom is -0.382 e. The SMILES string of the molecule is Cc1cc2[nH]nc(-c3nc4c(-c5ccc(F)s5)cncc4[nH]3)c2c(F)c1-c1cncc(NC(C)C)c1. The van der Waals surface area contributed by atoms with Crippen LogP contribution in [0.25, 0.3) is 55.0 Å². The first-order valence-electron chi connectivity index (χ1n) is 11.4. The molecule has 1 aromatic carbocycles. The molecule has 6 rings (SSSR count). The zero-order chi connectivity index (χ0) is 25.0. The number of aromatic amines is 2. The van der Waals surface area contributed by atoms with Crippen molar-refractivity contribution in [2.45, 2.75) is 26.8 Å². The van der Waals surface area contributed by atoms with Gasteiger partial charge < -0.3 is 10.3 Å². The maximum Gasteiger partial charge on any atom is 0.176 e. The van der Waals surface area contributed by atoms with Gasteiger partial charge in [-0.1, -0.05) is 0 Å². The fourth-order valence-electron chi connectivity index (χ4n) is 4.47. The topological polar surface area (TPSA) is 95.2 Å². The Kier molecular flexibility index (Phi) is 5.26. The monoisotopic (exact) mass is 501 g/mol. The Bertz CT molecular complexity index is 1750. The van der Waals surface area contributed by atoms with Crippen molar-refractivity contribution in [2.75, 3.05) is 5.32 Å². The number of thiophene rings is 1. The van der Waals surface area contributed by atoms with Gasteiger partial charge in [0.1, 0.15) is 17.0 Å². The molecule has 0 aliphatic heterocycles. The van der Waals surface area contributed by atoms with Crippen molar-refractivity contribution in [1.29, 1.82) is 0 Å². The zero-order valence-corrected chi connectivity index (χ0v) is 20.5. The highest BCUT2D eigenvalue weighted by Gasteiger charge is 2.22. The largest absolute Gasteiger partial charge is 0.382 e. The number of imidazole rings is 1. The quantitative estimate of drug-likeness (QED) is 0.244. The van der Waals surface area contributed by atoms with Gasteiger partial charge in [-0.05, 0) is 50.6 Å². The number of H-pyrrole nitrogens is 2. The molecule has 6 aromatic rings. The van der Waals surface area contributed by atoms with Gasteiger partial charge in [-0.2, -0.15) is 9.49 Å². The average Bonchev–Trinajstić information content (AvgIpc) is 3.56. The minimum absolute atomic E-state index is 0.217. The van der Waals surface area contributed by atoms with Crippen molar-refractivity contribution in [3.8, 4) is 33.1 Å². The van der Waals surface area contributed by atoms with Crippen LogP contribution in [-0.4, -0.2) is 36.2 Å². The molecule has 5 aromatic heterocycles. The van der Waals surface area contributed by atoms with E-state index in [1.54, 1.807) is 30.9 Å². The van der Waals surface area contributed by atoms with Gasteiger partial charge in [-0.3, -0.25) is 15.1 Å². The molecule has 0 saturated carbocycles. The summed E-state index contributed by atoms with van der Waals surface area (Å²) in [6, 6.07) is 7.09. The number of hydrogen-bond acceptors (Lipinski definition) is 6. The van der Waals surface area contributed by atoms with Gasteiger partial charge >= 0.3 is 0 Å². The highest BCUT2D eigenvalue weighted by Crippen LogP contribution is 2.38. The summed E-state index contributed by atoms with van der Waals surface area (Å²) in [5.41, 5.74) is 5.57. The second-order valence-electron chi connectivity index (χ2n) is 8.91. The number of anilines is 1. The maximum atomic E-state index is 16.2. The number of rotatable bonds is 5. The van der Waals surface area contributed by atoms with E-state index in [0.717, 1.165) is 22.6 Å². The molecule has 5 heterocycles. The lowest BCUT2D eigenvalue weighted by Crippen LogP contribution is -2.09. The number of halogens is 2. The molecule has 7 nitrogen and oxygen atoms in total. The van der Waals surface area contributed by atoms with Crippen LogP contribution in [-0.2, 0) is 0 Å². The van der Waals surface area contributed by atoms with Crippen molar-refractivity contribution in [3.63, 3.8) is 0 Å². The Morgan fingerprint density at radius 3 is 2.61 bits per heavy atom. The molecule has 0 fully saturated rings. The standard InChI is InChI=1S/C26H21F2N7S/c1-12(2)31-15-7-14(8-29-9-15)21-13(3)6-17-22(23(21)28)25(35-34-17)26-32-18-11-30-10-16(24(18)33-26)19-4-5-20(27)36-19/h4-12,31H,1-3H3,(H,32,33)(H,34,35). The lowest BCUT2D eigenvalue weighted by Gasteiger charge is -2.13. The molecule has 0 saturated heterocycles. The van der Waals surface area contributed by atoms with E-state index in [0.29, 0.717) is 55.0 Å². The molecule has 0 unspecified atom stereocenters. The second kappa shape index (κ2) is 8.49. The smallest absolute Gasteiger partial charge is 0.176 e. The molecular weight excluding hydrogens is 480 g/mol. The average molecular weight is 502 g/mol. The molecule has 0 radical (unpaired) electrons. The summed E-state index contributed by atoms with van der Waals surface area (Å²) < 4.78 is 29.9. The summed E-state index contributed by atoms with van der Waals surface area (Å²) in [5, 5.41) is 10.7. The normalized spacial score (nSPS) is 11.7. The number of nitrogens with one attached hydrogen (secondary N) is 3. The van der Waals surface area contributed by atoms with Crippen molar-refractivity contribution in [3.05, 3.63) is 65.6 Å². The Hall–Kier alpha value is -4.18. The molecule has 0 aliphatic carbocycles. The Morgan fingerprint density at radius 1 is 1.00 bits per heavy atom. The number of nitrogens with zero attached hydrogens (tertiary/aromatic N) is 4. The molecule has 10 heteroatoms. The van der Waals surface area contributed by atoms with Crippen molar-refractivity contribution in [1.82, 2.24) is 30.1 Å². The Morgan fingerprint density at radius 2 is 1.83 bits per heavy atom. The number of hydrogen-bond donors (Lipinski definition) is 3. The van der Waals surface area contributed by atoms with Crippen LogP contribution in [0.2, 0.25) is 0 Å². The van der Waals surface area contributed by atoms with E-state index in [9.17, 15) is 4.39 Å². The highest BCUT2D eigenvalue weighted by molar-refractivity contribution is 7.14. The molecule has 0 aliphatic rings. The first-order valence-corrected chi connectivity index (χ1v) is 12.2. The molecule has 0 amide bonds. The predicted molar refractivity (Wildman–Crippen MR) is 139 cm³/mol. The van der Waals surface area contributed by atoms with E-state index >= 15 is 4.39 Å². The fraction of sp³-hybridized carbons (Fsp3) is 0.154. The maximum absolute atomic E-state index is 16.2.